The number of rotatable bonds is 7. The van der Waals surface area contributed by atoms with Gasteiger partial charge in [0.15, 0.2) is 0 Å². The van der Waals surface area contributed by atoms with Gasteiger partial charge in [0, 0.05) is 13.6 Å². The molecule has 0 saturated carbocycles. The summed E-state index contributed by atoms with van der Waals surface area (Å²) in [5.41, 5.74) is -2.06. The summed E-state index contributed by atoms with van der Waals surface area (Å²) in [6, 6.07) is 0. The second kappa shape index (κ2) is 5.65. The topological polar surface area (TPSA) is 69.6 Å². The minimum absolute atomic E-state index is 0.480. The highest BCUT2D eigenvalue weighted by molar-refractivity contribution is 7.87. The van der Waals surface area contributed by atoms with Gasteiger partial charge in [0.25, 0.3) is 10.2 Å². The van der Waals surface area contributed by atoms with E-state index in [1.54, 1.807) is 34.7 Å². The summed E-state index contributed by atoms with van der Waals surface area (Å²) in [6.45, 7) is 8.99. The van der Waals surface area contributed by atoms with Crippen molar-refractivity contribution in [2.75, 3.05) is 13.6 Å². The third-order valence-electron chi connectivity index (χ3n) is 3.15. The highest BCUT2D eigenvalue weighted by Gasteiger charge is 2.39. The fraction of sp³-hybridized carbons (Fsp3) is 1.00. The normalized spacial score (nSPS) is 14.4. The van der Waals surface area contributed by atoms with Gasteiger partial charge in [-0.05, 0) is 34.1 Å². The van der Waals surface area contributed by atoms with Gasteiger partial charge in [-0.3, -0.25) is 0 Å². The molecule has 0 aromatic carbocycles. The zero-order valence-electron chi connectivity index (χ0n) is 11.7. The third kappa shape index (κ3) is 4.91. The van der Waals surface area contributed by atoms with Crippen LogP contribution in [-0.4, -0.2) is 42.6 Å². The summed E-state index contributed by atoms with van der Waals surface area (Å²) in [5.74, 6) is 0. The molecule has 0 amide bonds. The van der Waals surface area contributed by atoms with Crippen LogP contribution in [0.15, 0.2) is 0 Å². The Kier molecular flexibility index (Phi) is 5.59. The number of hydrogen-bond donors (Lipinski definition) is 2. The maximum absolute atomic E-state index is 12.0. The van der Waals surface area contributed by atoms with Gasteiger partial charge in [-0.25, -0.2) is 0 Å². The standard InChI is InChI=1S/C11H26N2O3S/c1-7-8-9-13(6)17(15,16)12-10(2,3)11(4,5)14/h12,14H,7-9H2,1-6H3. The number of nitrogens with zero attached hydrogens (tertiary/aromatic N) is 1. The van der Waals surface area contributed by atoms with E-state index >= 15 is 0 Å². The molecule has 0 aromatic rings. The van der Waals surface area contributed by atoms with E-state index in [4.69, 9.17) is 0 Å². The van der Waals surface area contributed by atoms with Crippen LogP contribution in [0, 0.1) is 0 Å². The lowest BCUT2D eigenvalue weighted by molar-refractivity contribution is 0.00574. The van der Waals surface area contributed by atoms with E-state index in [0.717, 1.165) is 12.8 Å². The quantitative estimate of drug-likeness (QED) is 0.725. The zero-order valence-corrected chi connectivity index (χ0v) is 12.6. The molecule has 104 valence electrons. The van der Waals surface area contributed by atoms with Gasteiger partial charge in [0.05, 0.1) is 11.1 Å². The second-order valence-corrected chi connectivity index (χ2v) is 7.24. The van der Waals surface area contributed by atoms with E-state index in [0.29, 0.717) is 6.54 Å². The number of nitrogens with one attached hydrogen (secondary N) is 1. The van der Waals surface area contributed by atoms with Gasteiger partial charge in [0.2, 0.25) is 0 Å². The Bertz CT molecular complexity index is 331. The van der Waals surface area contributed by atoms with Crippen LogP contribution in [0.1, 0.15) is 47.5 Å². The van der Waals surface area contributed by atoms with Gasteiger partial charge < -0.3 is 5.11 Å². The molecule has 0 aliphatic rings. The summed E-state index contributed by atoms with van der Waals surface area (Å²) in [6.07, 6.45) is 1.76. The van der Waals surface area contributed by atoms with Gasteiger partial charge in [-0.2, -0.15) is 17.4 Å². The molecule has 6 heteroatoms. The molecule has 0 atom stereocenters. The van der Waals surface area contributed by atoms with Gasteiger partial charge in [-0.15, -0.1) is 0 Å². The Morgan fingerprint density at radius 3 is 2.06 bits per heavy atom. The fourth-order valence-electron chi connectivity index (χ4n) is 1.03. The van der Waals surface area contributed by atoms with E-state index in [9.17, 15) is 13.5 Å². The first-order chi connectivity index (χ1) is 7.44. The van der Waals surface area contributed by atoms with Crippen molar-refractivity contribution in [3.05, 3.63) is 0 Å². The Morgan fingerprint density at radius 1 is 1.24 bits per heavy atom. The fourth-order valence-corrected chi connectivity index (χ4v) is 2.45. The van der Waals surface area contributed by atoms with Crippen molar-refractivity contribution >= 4 is 10.2 Å². The molecule has 0 radical (unpaired) electrons. The van der Waals surface area contributed by atoms with Gasteiger partial charge in [-0.1, -0.05) is 13.3 Å². The highest BCUT2D eigenvalue weighted by Crippen LogP contribution is 2.22. The van der Waals surface area contributed by atoms with Crippen LogP contribution in [-0.2, 0) is 10.2 Å². The first kappa shape index (κ1) is 16.8. The van der Waals surface area contributed by atoms with Crippen molar-refractivity contribution in [2.45, 2.75) is 58.6 Å². The average molecular weight is 266 g/mol. The zero-order chi connectivity index (χ0) is 13.9. The minimum atomic E-state index is -3.55. The molecule has 5 nitrogen and oxygen atoms in total. The van der Waals surface area contributed by atoms with E-state index < -0.39 is 21.3 Å². The summed E-state index contributed by atoms with van der Waals surface area (Å²) in [4.78, 5) is 0. The Morgan fingerprint density at radius 2 is 1.71 bits per heavy atom. The van der Waals surface area contributed by atoms with Gasteiger partial charge in [0.1, 0.15) is 0 Å². The lowest BCUT2D eigenvalue weighted by Crippen LogP contribution is -2.60. The first-order valence-corrected chi connectivity index (χ1v) is 7.35. The van der Waals surface area contributed by atoms with Crippen LogP contribution >= 0.6 is 0 Å². The van der Waals surface area contributed by atoms with Crippen molar-refractivity contribution in [3.63, 3.8) is 0 Å². The molecule has 0 fully saturated rings. The predicted octanol–water partition coefficient (Wildman–Crippen LogP) is 1.10. The third-order valence-corrected chi connectivity index (χ3v) is 4.92. The summed E-state index contributed by atoms with van der Waals surface area (Å²) in [7, 11) is -2.01. The molecule has 0 aromatic heterocycles. The Balaban J connectivity index is 4.77. The van der Waals surface area contributed by atoms with Crippen LogP contribution in [0.3, 0.4) is 0 Å². The van der Waals surface area contributed by atoms with Crippen molar-refractivity contribution in [3.8, 4) is 0 Å². The lowest BCUT2D eigenvalue weighted by atomic mass is 9.87. The molecule has 0 rings (SSSR count). The van der Waals surface area contributed by atoms with Crippen molar-refractivity contribution in [1.29, 1.82) is 0 Å². The smallest absolute Gasteiger partial charge is 0.279 e. The van der Waals surface area contributed by atoms with Crippen LogP contribution in [0.4, 0.5) is 0 Å². The maximum atomic E-state index is 12.0. The number of aliphatic hydroxyl groups is 1. The largest absolute Gasteiger partial charge is 0.389 e. The molecule has 0 heterocycles. The molecule has 0 aliphatic heterocycles. The highest BCUT2D eigenvalue weighted by atomic mass is 32.2. The number of unbranched alkanes of at least 4 members (excludes halogenated alkanes) is 1. The first-order valence-electron chi connectivity index (χ1n) is 5.91. The molecule has 0 bridgehead atoms. The van der Waals surface area contributed by atoms with Crippen LogP contribution in [0.2, 0.25) is 0 Å². The summed E-state index contributed by atoms with van der Waals surface area (Å²) < 4.78 is 27.8. The predicted molar refractivity (Wildman–Crippen MR) is 70.0 cm³/mol. The SMILES string of the molecule is CCCCN(C)S(=O)(=O)NC(C)(C)C(C)(C)O. The average Bonchev–Trinajstić information content (AvgIpc) is 2.10. The lowest BCUT2D eigenvalue weighted by Gasteiger charge is -2.38. The van der Waals surface area contributed by atoms with Gasteiger partial charge >= 0.3 is 0 Å². The van der Waals surface area contributed by atoms with Crippen LogP contribution < -0.4 is 4.72 Å². The monoisotopic (exact) mass is 266 g/mol. The van der Waals surface area contributed by atoms with Crippen molar-refractivity contribution in [1.82, 2.24) is 9.03 Å². The molecular formula is C11H26N2O3S. The van der Waals surface area contributed by atoms with Crippen LogP contribution in [0.25, 0.3) is 0 Å². The van der Waals surface area contributed by atoms with E-state index in [2.05, 4.69) is 4.72 Å². The molecule has 2 N–H and O–H groups in total. The van der Waals surface area contributed by atoms with Crippen molar-refractivity contribution < 1.29 is 13.5 Å². The van der Waals surface area contributed by atoms with Crippen LogP contribution in [0.5, 0.6) is 0 Å². The maximum Gasteiger partial charge on any atom is 0.279 e. The minimum Gasteiger partial charge on any atom is -0.389 e. The van der Waals surface area contributed by atoms with E-state index in [1.165, 1.54) is 4.31 Å². The van der Waals surface area contributed by atoms with E-state index in [1.807, 2.05) is 6.92 Å². The second-order valence-electron chi connectivity index (χ2n) is 5.47. The molecule has 0 spiro atoms. The molecule has 0 unspecified atom stereocenters. The molecular weight excluding hydrogens is 240 g/mol. The molecule has 0 aliphatic carbocycles. The molecule has 0 saturated heterocycles. The van der Waals surface area contributed by atoms with E-state index in [-0.39, 0.29) is 0 Å². The number of hydrogen-bond acceptors (Lipinski definition) is 3. The summed E-state index contributed by atoms with van der Waals surface area (Å²) >= 11 is 0. The molecule has 17 heavy (non-hydrogen) atoms. The Labute approximate surface area is 105 Å². The summed E-state index contributed by atoms with van der Waals surface area (Å²) in [5, 5.41) is 9.92. The Hall–Kier alpha value is -0.170. The van der Waals surface area contributed by atoms with Crippen molar-refractivity contribution in [2.24, 2.45) is 0 Å².